The number of hydrogen-bond donors (Lipinski definition) is 1. The number of aliphatic imine (C=N–C) groups is 1. The van der Waals surface area contributed by atoms with Crippen molar-refractivity contribution in [3.8, 4) is 0 Å². The Balaban J connectivity index is 2.55. The first-order valence-electron chi connectivity index (χ1n) is 6.02. The summed E-state index contributed by atoms with van der Waals surface area (Å²) in [7, 11) is 0. The molecule has 0 saturated heterocycles. The van der Waals surface area contributed by atoms with E-state index in [0.29, 0.717) is 11.4 Å². The fourth-order valence-electron chi connectivity index (χ4n) is 2.06. The Bertz CT molecular complexity index is 566. The smallest absolute Gasteiger partial charge is 0.338 e. The number of carboxylic acids is 1. The molecule has 0 saturated carbocycles. The molecule has 0 bridgehead atoms. The van der Waals surface area contributed by atoms with E-state index in [9.17, 15) is 14.7 Å². The Labute approximate surface area is 110 Å². The van der Waals surface area contributed by atoms with Crippen molar-refractivity contribution >= 4 is 17.7 Å². The molecular formula is C13H15N3O3. The summed E-state index contributed by atoms with van der Waals surface area (Å²) < 4.78 is 0. The molecular weight excluding hydrogens is 246 g/mol. The Kier molecular flexibility index (Phi) is 3.33. The predicted octanol–water partition coefficient (Wildman–Crippen LogP) is 1.17. The highest BCUT2D eigenvalue weighted by Gasteiger charge is 2.35. The Morgan fingerprint density at radius 3 is 2.74 bits per heavy atom. The quantitative estimate of drug-likeness (QED) is 0.885. The van der Waals surface area contributed by atoms with Crippen LogP contribution in [0.15, 0.2) is 23.5 Å². The van der Waals surface area contributed by atoms with Gasteiger partial charge in [0.15, 0.2) is 0 Å². The lowest BCUT2D eigenvalue weighted by molar-refractivity contribution is -0.128. The molecule has 19 heavy (non-hydrogen) atoms. The second-order valence-corrected chi connectivity index (χ2v) is 4.66. The minimum absolute atomic E-state index is 0.0498. The minimum Gasteiger partial charge on any atom is -0.478 e. The number of carbonyl (C=O) groups is 2. The third-order valence-corrected chi connectivity index (χ3v) is 2.95. The van der Waals surface area contributed by atoms with Crippen LogP contribution >= 0.6 is 0 Å². The summed E-state index contributed by atoms with van der Waals surface area (Å²) in [5, 5.41) is 9.18. The van der Waals surface area contributed by atoms with Crippen molar-refractivity contribution in [2.45, 2.75) is 32.9 Å². The van der Waals surface area contributed by atoms with Crippen LogP contribution in [0.4, 0.5) is 0 Å². The van der Waals surface area contributed by atoms with Crippen LogP contribution in [0.5, 0.6) is 0 Å². The van der Waals surface area contributed by atoms with Gasteiger partial charge >= 0.3 is 5.97 Å². The molecule has 6 heteroatoms. The van der Waals surface area contributed by atoms with Gasteiger partial charge in [-0.2, -0.15) is 0 Å². The number of aromatic nitrogens is 1. The number of nitrogens with zero attached hydrogens (tertiary/aromatic N) is 3. The maximum Gasteiger partial charge on any atom is 0.338 e. The first kappa shape index (κ1) is 13.2. The Morgan fingerprint density at radius 1 is 1.47 bits per heavy atom. The van der Waals surface area contributed by atoms with Gasteiger partial charge in [-0.3, -0.25) is 19.7 Å². The SMILES string of the molecule is CC1N=C(c2ccncc2C(=O)O)N(C(C)C)C1=O. The van der Waals surface area contributed by atoms with Gasteiger partial charge in [-0.05, 0) is 26.8 Å². The molecule has 0 spiro atoms. The molecule has 1 aliphatic rings. The van der Waals surface area contributed by atoms with Gasteiger partial charge in [-0.15, -0.1) is 0 Å². The van der Waals surface area contributed by atoms with E-state index in [0.717, 1.165) is 0 Å². The van der Waals surface area contributed by atoms with E-state index in [1.165, 1.54) is 17.3 Å². The van der Waals surface area contributed by atoms with E-state index in [2.05, 4.69) is 9.98 Å². The fourth-order valence-corrected chi connectivity index (χ4v) is 2.06. The number of carbonyl (C=O) groups excluding carboxylic acids is 1. The molecule has 1 atom stereocenters. The van der Waals surface area contributed by atoms with Crippen LogP contribution in [0.3, 0.4) is 0 Å². The molecule has 1 aliphatic heterocycles. The normalized spacial score (nSPS) is 18.9. The van der Waals surface area contributed by atoms with Gasteiger partial charge in [0.1, 0.15) is 11.9 Å². The molecule has 100 valence electrons. The van der Waals surface area contributed by atoms with Gasteiger partial charge in [0, 0.05) is 24.0 Å². The Hall–Kier alpha value is -2.24. The van der Waals surface area contributed by atoms with Gasteiger partial charge in [0.25, 0.3) is 5.91 Å². The summed E-state index contributed by atoms with van der Waals surface area (Å²) >= 11 is 0. The molecule has 2 heterocycles. The van der Waals surface area contributed by atoms with Crippen LogP contribution in [0.1, 0.15) is 36.7 Å². The lowest BCUT2D eigenvalue weighted by Gasteiger charge is -2.23. The second-order valence-electron chi connectivity index (χ2n) is 4.66. The van der Waals surface area contributed by atoms with Crippen LogP contribution in [0, 0.1) is 0 Å². The topological polar surface area (TPSA) is 82.9 Å². The van der Waals surface area contributed by atoms with Crippen molar-refractivity contribution in [3.63, 3.8) is 0 Å². The average molecular weight is 261 g/mol. The third kappa shape index (κ3) is 2.21. The van der Waals surface area contributed by atoms with E-state index in [-0.39, 0.29) is 17.5 Å². The average Bonchev–Trinajstić information content (AvgIpc) is 2.65. The van der Waals surface area contributed by atoms with Crippen molar-refractivity contribution in [2.24, 2.45) is 4.99 Å². The molecule has 0 aliphatic carbocycles. The van der Waals surface area contributed by atoms with Crippen LogP contribution in [0.2, 0.25) is 0 Å². The fraction of sp³-hybridized carbons (Fsp3) is 0.385. The van der Waals surface area contributed by atoms with E-state index >= 15 is 0 Å². The Morgan fingerprint density at radius 2 is 2.16 bits per heavy atom. The molecule has 0 aromatic carbocycles. The lowest BCUT2D eigenvalue weighted by Crippen LogP contribution is -2.40. The van der Waals surface area contributed by atoms with Crippen LogP contribution < -0.4 is 0 Å². The van der Waals surface area contributed by atoms with Crippen molar-refractivity contribution in [3.05, 3.63) is 29.6 Å². The lowest BCUT2D eigenvalue weighted by atomic mass is 10.1. The zero-order valence-electron chi connectivity index (χ0n) is 11.0. The molecule has 2 rings (SSSR count). The van der Waals surface area contributed by atoms with Crippen molar-refractivity contribution < 1.29 is 14.7 Å². The zero-order chi connectivity index (χ0) is 14.2. The van der Waals surface area contributed by atoms with Gasteiger partial charge in [-0.1, -0.05) is 0 Å². The first-order chi connectivity index (χ1) is 8.93. The third-order valence-electron chi connectivity index (χ3n) is 2.95. The molecule has 0 fully saturated rings. The minimum atomic E-state index is -1.08. The van der Waals surface area contributed by atoms with Gasteiger partial charge in [0.05, 0.1) is 5.56 Å². The molecule has 6 nitrogen and oxygen atoms in total. The monoisotopic (exact) mass is 261 g/mol. The van der Waals surface area contributed by atoms with Crippen LogP contribution in [-0.4, -0.2) is 44.8 Å². The molecule has 1 aromatic heterocycles. The van der Waals surface area contributed by atoms with Crippen LogP contribution in [-0.2, 0) is 4.79 Å². The summed E-state index contributed by atoms with van der Waals surface area (Å²) in [6.45, 7) is 5.44. The van der Waals surface area contributed by atoms with Gasteiger partial charge < -0.3 is 5.11 Å². The van der Waals surface area contributed by atoms with Crippen LogP contribution in [0.25, 0.3) is 0 Å². The summed E-state index contributed by atoms with van der Waals surface area (Å²) in [6, 6.07) is 1.02. The zero-order valence-corrected chi connectivity index (χ0v) is 11.0. The van der Waals surface area contributed by atoms with E-state index in [1.54, 1.807) is 13.0 Å². The second kappa shape index (κ2) is 4.79. The molecule has 1 amide bonds. The van der Waals surface area contributed by atoms with Crippen molar-refractivity contribution in [1.82, 2.24) is 9.88 Å². The maximum absolute atomic E-state index is 12.1. The van der Waals surface area contributed by atoms with Crippen molar-refractivity contribution in [2.75, 3.05) is 0 Å². The number of pyridine rings is 1. The van der Waals surface area contributed by atoms with Crippen molar-refractivity contribution in [1.29, 1.82) is 0 Å². The highest BCUT2D eigenvalue weighted by molar-refractivity contribution is 6.17. The number of rotatable bonds is 3. The highest BCUT2D eigenvalue weighted by atomic mass is 16.4. The van der Waals surface area contributed by atoms with Gasteiger partial charge in [0.2, 0.25) is 0 Å². The molecule has 0 radical (unpaired) electrons. The number of aromatic carboxylic acids is 1. The highest BCUT2D eigenvalue weighted by Crippen LogP contribution is 2.21. The van der Waals surface area contributed by atoms with E-state index < -0.39 is 12.0 Å². The van der Waals surface area contributed by atoms with E-state index in [1.807, 2.05) is 13.8 Å². The number of hydrogen-bond acceptors (Lipinski definition) is 4. The van der Waals surface area contributed by atoms with E-state index in [4.69, 9.17) is 0 Å². The largest absolute Gasteiger partial charge is 0.478 e. The summed E-state index contributed by atoms with van der Waals surface area (Å²) in [4.78, 5) is 32.9. The summed E-state index contributed by atoms with van der Waals surface area (Å²) in [6.07, 6.45) is 2.77. The van der Waals surface area contributed by atoms with Gasteiger partial charge in [-0.25, -0.2) is 4.79 Å². The molecule has 1 unspecified atom stereocenters. The maximum atomic E-state index is 12.1. The molecule has 1 N–H and O–H groups in total. The summed E-state index contributed by atoms with van der Waals surface area (Å²) in [5.41, 5.74) is 0.475. The first-order valence-corrected chi connectivity index (χ1v) is 6.02. The number of amidine groups is 1. The number of amides is 1. The standard InChI is InChI=1S/C13H15N3O3/c1-7(2)16-11(15-8(3)12(16)17)9-4-5-14-6-10(9)13(18)19/h4-8H,1-3H3,(H,18,19). The predicted molar refractivity (Wildman–Crippen MR) is 69.2 cm³/mol. The molecule has 1 aromatic rings. The summed E-state index contributed by atoms with van der Waals surface area (Å²) in [5.74, 6) is -0.785. The number of carboxylic acid groups (broad SMARTS) is 1.